The molecule has 0 amide bonds. The van der Waals surface area contributed by atoms with Crippen LogP contribution in [-0.2, 0) is 0 Å². The smallest absolute Gasteiger partial charge is 0.137 e. The third-order valence-electron chi connectivity index (χ3n) is 11.0. The molecule has 0 saturated heterocycles. The highest BCUT2D eigenvalue weighted by molar-refractivity contribution is 6.26. The predicted molar refractivity (Wildman–Crippen MR) is 217 cm³/mol. The summed E-state index contributed by atoms with van der Waals surface area (Å²) < 4.78 is 13.7. The Morgan fingerprint density at radius 2 is 0.808 bits per heavy atom. The first-order valence-corrected chi connectivity index (χ1v) is 17.8. The Labute approximate surface area is 297 Å². The van der Waals surface area contributed by atoms with Gasteiger partial charge in [-0.25, -0.2) is 0 Å². The molecule has 0 radical (unpaired) electrons. The van der Waals surface area contributed by atoms with Gasteiger partial charge in [-0.05, 0) is 66.7 Å². The van der Waals surface area contributed by atoms with Crippen molar-refractivity contribution in [2.75, 3.05) is 0 Å². The zero-order valence-electron chi connectivity index (χ0n) is 28.0. The highest BCUT2D eigenvalue weighted by atomic mass is 16.3. The average molecular weight is 664 g/mol. The lowest BCUT2D eigenvalue weighted by Gasteiger charge is -2.12. The van der Waals surface area contributed by atoms with Crippen molar-refractivity contribution in [1.82, 2.24) is 13.7 Å². The Bertz CT molecular complexity index is 3410. The van der Waals surface area contributed by atoms with E-state index in [0.717, 1.165) is 39.0 Å². The van der Waals surface area contributed by atoms with E-state index in [2.05, 4.69) is 177 Å². The summed E-state index contributed by atoms with van der Waals surface area (Å²) in [6, 6.07) is 63.5. The predicted octanol–water partition coefficient (Wildman–Crippen LogP) is 12.9. The van der Waals surface area contributed by atoms with Gasteiger partial charge in [0.05, 0.1) is 33.1 Å². The van der Waals surface area contributed by atoms with Crippen molar-refractivity contribution in [1.29, 1.82) is 0 Å². The summed E-state index contributed by atoms with van der Waals surface area (Å²) in [4.78, 5) is 0. The van der Waals surface area contributed by atoms with Crippen LogP contribution in [0.3, 0.4) is 0 Å². The largest absolute Gasteiger partial charge is 0.456 e. The van der Waals surface area contributed by atoms with Crippen molar-refractivity contribution in [3.63, 3.8) is 0 Å². The minimum Gasteiger partial charge on any atom is -0.456 e. The van der Waals surface area contributed by atoms with Gasteiger partial charge in [-0.2, -0.15) is 0 Å². The Balaban J connectivity index is 1.19. The summed E-state index contributed by atoms with van der Waals surface area (Å²) in [6.07, 6.45) is 0. The normalized spacial score (nSPS) is 12.2. The Morgan fingerprint density at radius 3 is 1.60 bits per heavy atom. The van der Waals surface area contributed by atoms with Crippen LogP contribution in [0.25, 0.3) is 104 Å². The molecule has 0 aliphatic heterocycles. The molecular formula is C48H29N3O. The van der Waals surface area contributed by atoms with Crippen LogP contribution in [0.15, 0.2) is 180 Å². The second kappa shape index (κ2) is 10.3. The molecule has 0 N–H and O–H groups in total. The summed E-state index contributed by atoms with van der Waals surface area (Å²) in [7, 11) is 0. The number of fused-ring (bicyclic) bond motifs is 13. The SMILES string of the molecule is c1ccc(-n2c3ccccc3c3ccc(-n4c5ccccc5c5c4ccc4c6ccccc6n(-c6ccc7c(c6)oc6ccccc67)c45)cc32)cc1. The number of rotatable bonds is 3. The van der Waals surface area contributed by atoms with Crippen LogP contribution >= 0.6 is 0 Å². The van der Waals surface area contributed by atoms with Gasteiger partial charge in [0.2, 0.25) is 0 Å². The number of hydrogen-bond acceptors (Lipinski definition) is 1. The fourth-order valence-electron chi connectivity index (χ4n) is 8.86. The van der Waals surface area contributed by atoms with Crippen molar-refractivity contribution < 1.29 is 4.42 Å². The van der Waals surface area contributed by atoms with Crippen LogP contribution in [-0.4, -0.2) is 13.7 Å². The van der Waals surface area contributed by atoms with Crippen LogP contribution in [0, 0.1) is 0 Å². The molecule has 4 nitrogen and oxygen atoms in total. The van der Waals surface area contributed by atoms with Crippen molar-refractivity contribution in [2.45, 2.75) is 0 Å². The van der Waals surface area contributed by atoms with E-state index in [1.54, 1.807) is 0 Å². The van der Waals surface area contributed by atoms with Gasteiger partial charge in [0.15, 0.2) is 0 Å². The minimum atomic E-state index is 0.890. The molecule has 8 aromatic carbocycles. The first-order valence-electron chi connectivity index (χ1n) is 17.8. The van der Waals surface area contributed by atoms with Gasteiger partial charge in [-0.3, -0.25) is 0 Å². The van der Waals surface area contributed by atoms with Crippen LogP contribution in [0.5, 0.6) is 0 Å². The maximum atomic E-state index is 6.41. The second-order valence-electron chi connectivity index (χ2n) is 13.7. The molecule has 242 valence electrons. The molecule has 4 heterocycles. The van der Waals surface area contributed by atoms with Crippen molar-refractivity contribution in [3.8, 4) is 17.1 Å². The first-order chi connectivity index (χ1) is 25.8. The summed E-state index contributed by atoms with van der Waals surface area (Å²) in [5.74, 6) is 0. The molecule has 0 unspecified atom stereocenters. The van der Waals surface area contributed by atoms with E-state index in [4.69, 9.17) is 4.42 Å². The molecule has 4 aromatic heterocycles. The molecule has 0 atom stereocenters. The summed E-state index contributed by atoms with van der Waals surface area (Å²) >= 11 is 0. The highest BCUT2D eigenvalue weighted by Gasteiger charge is 2.22. The van der Waals surface area contributed by atoms with Crippen LogP contribution < -0.4 is 0 Å². The van der Waals surface area contributed by atoms with Crippen molar-refractivity contribution in [3.05, 3.63) is 176 Å². The quantitative estimate of drug-likeness (QED) is 0.185. The van der Waals surface area contributed by atoms with E-state index < -0.39 is 0 Å². The Morgan fingerprint density at radius 1 is 0.288 bits per heavy atom. The standard InChI is InChI=1S/C48H29N3O/c1-2-12-30(13-3-1)49-40-18-8-4-14-33(40)35-24-22-31(28-44(35)49)50-42-20-10-6-17-39(42)47-43(50)27-26-38-34-15-5-9-19-41(34)51(48(38)47)32-23-25-37-36-16-7-11-21-45(36)52-46(37)29-32/h1-29H. The van der Waals surface area contributed by atoms with E-state index in [-0.39, 0.29) is 0 Å². The average Bonchev–Trinajstić information content (AvgIpc) is 3.94. The molecule has 0 aliphatic carbocycles. The van der Waals surface area contributed by atoms with Crippen LogP contribution in [0.4, 0.5) is 0 Å². The zero-order chi connectivity index (χ0) is 33.9. The number of benzene rings is 8. The maximum absolute atomic E-state index is 6.41. The number of nitrogens with zero attached hydrogens (tertiary/aromatic N) is 3. The molecule has 0 fully saturated rings. The van der Waals surface area contributed by atoms with E-state index in [9.17, 15) is 0 Å². The highest BCUT2D eigenvalue weighted by Crippen LogP contribution is 2.43. The lowest BCUT2D eigenvalue weighted by atomic mass is 10.1. The minimum absolute atomic E-state index is 0.890. The molecule has 12 rings (SSSR count). The summed E-state index contributed by atoms with van der Waals surface area (Å²) in [5, 5.41) is 9.68. The summed E-state index contributed by atoms with van der Waals surface area (Å²) in [5.41, 5.74) is 12.3. The topological polar surface area (TPSA) is 27.9 Å². The fraction of sp³-hybridized carbons (Fsp3) is 0. The molecule has 52 heavy (non-hydrogen) atoms. The third kappa shape index (κ3) is 3.65. The Kier molecular flexibility index (Phi) is 5.47. The lowest BCUT2D eigenvalue weighted by Crippen LogP contribution is -1.97. The number of furan rings is 1. The monoisotopic (exact) mass is 663 g/mol. The second-order valence-corrected chi connectivity index (χ2v) is 13.7. The number of para-hydroxylation sites is 5. The Hall–Kier alpha value is -7.04. The van der Waals surface area contributed by atoms with Gasteiger partial charge in [-0.1, -0.05) is 103 Å². The zero-order valence-corrected chi connectivity index (χ0v) is 28.0. The van der Waals surface area contributed by atoms with Crippen LogP contribution in [0.2, 0.25) is 0 Å². The number of aromatic nitrogens is 3. The van der Waals surface area contributed by atoms with Gasteiger partial charge in [0.25, 0.3) is 0 Å². The number of hydrogen-bond donors (Lipinski definition) is 0. The molecule has 0 aliphatic rings. The molecular weight excluding hydrogens is 635 g/mol. The van der Waals surface area contributed by atoms with Gasteiger partial charge >= 0.3 is 0 Å². The molecule has 0 bridgehead atoms. The summed E-state index contributed by atoms with van der Waals surface area (Å²) in [6.45, 7) is 0. The van der Waals surface area contributed by atoms with E-state index in [1.807, 2.05) is 12.1 Å². The van der Waals surface area contributed by atoms with Crippen LogP contribution in [0.1, 0.15) is 0 Å². The van der Waals surface area contributed by atoms with E-state index in [1.165, 1.54) is 65.4 Å². The molecule has 0 saturated carbocycles. The fourth-order valence-corrected chi connectivity index (χ4v) is 8.86. The molecule has 0 spiro atoms. The first kappa shape index (κ1) is 27.7. The van der Waals surface area contributed by atoms with E-state index >= 15 is 0 Å². The molecule has 12 aromatic rings. The van der Waals surface area contributed by atoms with Gasteiger partial charge in [0, 0.05) is 66.2 Å². The van der Waals surface area contributed by atoms with Crippen molar-refractivity contribution in [2.24, 2.45) is 0 Å². The van der Waals surface area contributed by atoms with Gasteiger partial charge in [-0.15, -0.1) is 0 Å². The van der Waals surface area contributed by atoms with Gasteiger partial charge < -0.3 is 18.1 Å². The lowest BCUT2D eigenvalue weighted by molar-refractivity contribution is 0.668. The van der Waals surface area contributed by atoms with Crippen molar-refractivity contribution >= 4 is 87.4 Å². The van der Waals surface area contributed by atoms with E-state index in [0.29, 0.717) is 0 Å². The maximum Gasteiger partial charge on any atom is 0.137 e. The van der Waals surface area contributed by atoms with Gasteiger partial charge in [0.1, 0.15) is 11.2 Å². The third-order valence-corrected chi connectivity index (χ3v) is 11.0. The molecule has 4 heteroatoms.